The minimum Gasteiger partial charge on any atom is -0.493 e. The van der Waals surface area contributed by atoms with Gasteiger partial charge in [0, 0.05) is 13.0 Å². The number of rotatable bonds is 1. The summed E-state index contributed by atoms with van der Waals surface area (Å²) < 4.78 is 11.3. The first-order valence-corrected chi connectivity index (χ1v) is 6.15. The highest BCUT2D eigenvalue weighted by molar-refractivity contribution is 5.41. The molecule has 2 unspecified atom stereocenters. The van der Waals surface area contributed by atoms with Gasteiger partial charge >= 0.3 is 0 Å². The molecule has 0 N–H and O–H groups in total. The fourth-order valence-corrected chi connectivity index (χ4v) is 2.63. The molecule has 3 nitrogen and oxygen atoms in total. The number of nitrogens with zero attached hydrogens (tertiary/aromatic N) is 1. The Bertz CT molecular complexity index is 464. The van der Waals surface area contributed by atoms with Gasteiger partial charge in [-0.2, -0.15) is 5.26 Å². The van der Waals surface area contributed by atoms with Crippen LogP contribution < -0.4 is 4.74 Å². The Morgan fingerprint density at radius 2 is 2.24 bits per heavy atom. The molecule has 1 saturated heterocycles. The second kappa shape index (κ2) is 4.38. The molecule has 2 heterocycles. The van der Waals surface area contributed by atoms with Gasteiger partial charge in [0.1, 0.15) is 5.75 Å². The fourth-order valence-electron chi connectivity index (χ4n) is 2.63. The molecule has 0 aromatic heterocycles. The van der Waals surface area contributed by atoms with E-state index in [9.17, 15) is 0 Å². The lowest BCUT2D eigenvalue weighted by Crippen LogP contribution is -2.21. The van der Waals surface area contributed by atoms with E-state index in [4.69, 9.17) is 14.7 Å². The Balaban J connectivity index is 1.90. The summed E-state index contributed by atoms with van der Waals surface area (Å²) in [4.78, 5) is 0. The topological polar surface area (TPSA) is 42.2 Å². The van der Waals surface area contributed by atoms with Crippen LogP contribution in [-0.2, 0) is 11.2 Å². The minimum absolute atomic E-state index is 0.0101. The number of nitriles is 1. The van der Waals surface area contributed by atoms with Crippen molar-refractivity contribution >= 4 is 0 Å². The van der Waals surface area contributed by atoms with Crippen LogP contribution >= 0.6 is 0 Å². The average Bonchev–Trinajstić information content (AvgIpc) is 2.85. The number of benzene rings is 1. The molecule has 0 spiro atoms. The van der Waals surface area contributed by atoms with Crippen molar-refractivity contribution in [2.45, 2.75) is 25.4 Å². The van der Waals surface area contributed by atoms with Crippen molar-refractivity contribution in [2.24, 2.45) is 5.92 Å². The van der Waals surface area contributed by atoms with Gasteiger partial charge < -0.3 is 9.47 Å². The molecule has 2 aliphatic heterocycles. The van der Waals surface area contributed by atoms with Crippen LogP contribution in [-0.4, -0.2) is 13.2 Å². The molecule has 1 aromatic carbocycles. The monoisotopic (exact) mass is 229 g/mol. The SMILES string of the molecule is N#CC1CCCOC1c1ccc2c(c1)CCO2. The van der Waals surface area contributed by atoms with Gasteiger partial charge in [0.05, 0.1) is 24.7 Å². The summed E-state index contributed by atoms with van der Waals surface area (Å²) >= 11 is 0. The Kier molecular flexibility index (Phi) is 2.74. The second-order valence-electron chi connectivity index (χ2n) is 4.63. The quantitative estimate of drug-likeness (QED) is 0.743. The molecule has 3 heteroatoms. The molecular weight excluding hydrogens is 214 g/mol. The van der Waals surface area contributed by atoms with E-state index in [2.05, 4.69) is 12.1 Å². The molecule has 0 amide bonds. The lowest BCUT2D eigenvalue weighted by molar-refractivity contribution is -0.0102. The third-order valence-electron chi connectivity index (χ3n) is 3.53. The smallest absolute Gasteiger partial charge is 0.122 e. The first-order chi connectivity index (χ1) is 8.38. The third kappa shape index (κ3) is 1.89. The zero-order valence-corrected chi connectivity index (χ0v) is 9.69. The van der Waals surface area contributed by atoms with Crippen molar-refractivity contribution in [1.82, 2.24) is 0 Å². The maximum atomic E-state index is 9.16. The second-order valence-corrected chi connectivity index (χ2v) is 4.63. The van der Waals surface area contributed by atoms with Crippen molar-refractivity contribution < 1.29 is 9.47 Å². The van der Waals surface area contributed by atoms with E-state index >= 15 is 0 Å². The van der Waals surface area contributed by atoms with E-state index in [1.807, 2.05) is 12.1 Å². The summed E-state index contributed by atoms with van der Waals surface area (Å²) in [6, 6.07) is 8.54. The summed E-state index contributed by atoms with van der Waals surface area (Å²) in [6.45, 7) is 1.53. The summed E-state index contributed by atoms with van der Waals surface area (Å²) in [5.74, 6) is 0.974. The van der Waals surface area contributed by atoms with Crippen molar-refractivity contribution in [2.75, 3.05) is 13.2 Å². The number of hydrogen-bond donors (Lipinski definition) is 0. The maximum absolute atomic E-state index is 9.16. The van der Waals surface area contributed by atoms with E-state index in [0.29, 0.717) is 0 Å². The van der Waals surface area contributed by atoms with E-state index in [1.54, 1.807) is 0 Å². The molecule has 0 radical (unpaired) electrons. The van der Waals surface area contributed by atoms with Crippen molar-refractivity contribution in [3.63, 3.8) is 0 Å². The molecule has 17 heavy (non-hydrogen) atoms. The minimum atomic E-state index is -0.0559. The first-order valence-electron chi connectivity index (χ1n) is 6.15. The predicted molar refractivity (Wildman–Crippen MR) is 62.7 cm³/mol. The molecule has 1 aromatic rings. The summed E-state index contributed by atoms with van der Waals surface area (Å²) in [7, 11) is 0. The van der Waals surface area contributed by atoms with Crippen LogP contribution in [0, 0.1) is 17.2 Å². The fraction of sp³-hybridized carbons (Fsp3) is 0.500. The molecule has 0 aliphatic carbocycles. The van der Waals surface area contributed by atoms with Crippen molar-refractivity contribution in [3.05, 3.63) is 29.3 Å². The molecular formula is C14H15NO2. The first kappa shape index (κ1) is 10.6. The summed E-state index contributed by atoms with van der Waals surface area (Å²) in [5, 5.41) is 9.16. The maximum Gasteiger partial charge on any atom is 0.122 e. The van der Waals surface area contributed by atoms with Crippen LogP contribution in [0.3, 0.4) is 0 Å². The number of fused-ring (bicyclic) bond motifs is 1. The van der Waals surface area contributed by atoms with Crippen molar-refractivity contribution in [1.29, 1.82) is 5.26 Å². The van der Waals surface area contributed by atoms with Crippen LogP contribution in [0.4, 0.5) is 0 Å². The van der Waals surface area contributed by atoms with Gasteiger partial charge in [-0.05, 0) is 36.1 Å². The summed E-state index contributed by atoms with van der Waals surface area (Å²) in [5.41, 5.74) is 2.37. The molecule has 0 bridgehead atoms. The van der Waals surface area contributed by atoms with Crippen LogP contribution in [0.15, 0.2) is 18.2 Å². The largest absolute Gasteiger partial charge is 0.493 e. The molecule has 88 valence electrons. The number of hydrogen-bond acceptors (Lipinski definition) is 3. The van der Waals surface area contributed by atoms with Crippen LogP contribution in [0.25, 0.3) is 0 Å². The standard InChI is InChI=1S/C14H15NO2/c15-9-12-2-1-6-17-14(12)11-3-4-13-10(8-11)5-7-16-13/h3-4,8,12,14H,1-2,5-7H2. The van der Waals surface area contributed by atoms with Gasteiger partial charge in [-0.25, -0.2) is 0 Å². The van der Waals surface area contributed by atoms with Crippen LogP contribution in [0.2, 0.25) is 0 Å². The Labute approximate surface area is 101 Å². The zero-order valence-electron chi connectivity index (χ0n) is 9.69. The normalized spacial score (nSPS) is 27.0. The molecule has 0 saturated carbocycles. The molecule has 2 aliphatic rings. The van der Waals surface area contributed by atoms with Gasteiger partial charge in [0.25, 0.3) is 0 Å². The van der Waals surface area contributed by atoms with Crippen molar-refractivity contribution in [3.8, 4) is 11.8 Å². The van der Waals surface area contributed by atoms with Gasteiger partial charge in [-0.3, -0.25) is 0 Å². The van der Waals surface area contributed by atoms with Gasteiger partial charge in [-0.15, -0.1) is 0 Å². The van der Waals surface area contributed by atoms with Crippen LogP contribution in [0.1, 0.15) is 30.1 Å². The van der Waals surface area contributed by atoms with Crippen LogP contribution in [0.5, 0.6) is 5.75 Å². The lowest BCUT2D eigenvalue weighted by Gasteiger charge is -2.27. The average molecular weight is 229 g/mol. The number of ether oxygens (including phenoxy) is 2. The van der Waals surface area contributed by atoms with E-state index in [1.165, 1.54) is 5.56 Å². The molecule has 2 atom stereocenters. The third-order valence-corrected chi connectivity index (χ3v) is 3.53. The zero-order chi connectivity index (χ0) is 11.7. The highest BCUT2D eigenvalue weighted by atomic mass is 16.5. The Morgan fingerprint density at radius 3 is 3.12 bits per heavy atom. The molecule has 1 fully saturated rings. The summed E-state index contributed by atoms with van der Waals surface area (Å²) in [6.07, 6.45) is 2.84. The Hall–Kier alpha value is -1.53. The van der Waals surface area contributed by atoms with Gasteiger partial charge in [-0.1, -0.05) is 6.07 Å². The molecule has 3 rings (SSSR count). The van der Waals surface area contributed by atoms with E-state index in [-0.39, 0.29) is 12.0 Å². The highest BCUT2D eigenvalue weighted by Gasteiger charge is 2.28. The predicted octanol–water partition coefficient (Wildman–Crippen LogP) is 2.61. The van der Waals surface area contributed by atoms with E-state index < -0.39 is 0 Å². The van der Waals surface area contributed by atoms with Gasteiger partial charge in [0.2, 0.25) is 0 Å². The van der Waals surface area contributed by atoms with Gasteiger partial charge in [0.15, 0.2) is 0 Å². The highest BCUT2D eigenvalue weighted by Crippen LogP contribution is 2.36. The lowest BCUT2D eigenvalue weighted by atomic mass is 9.90. The Morgan fingerprint density at radius 1 is 1.29 bits per heavy atom. The van der Waals surface area contributed by atoms with E-state index in [0.717, 1.165) is 43.8 Å².